The molecule has 1 N–H and O–H groups in total. The van der Waals surface area contributed by atoms with Crippen molar-refractivity contribution in [3.8, 4) is 11.3 Å². The number of sulfonamides is 1. The Morgan fingerprint density at radius 1 is 1.03 bits per heavy atom. The second-order valence-electron chi connectivity index (χ2n) is 6.68. The van der Waals surface area contributed by atoms with Crippen molar-refractivity contribution in [2.75, 3.05) is 13.1 Å². The van der Waals surface area contributed by atoms with Crippen LogP contribution in [0.5, 0.6) is 0 Å². The van der Waals surface area contributed by atoms with Crippen LogP contribution in [0.1, 0.15) is 24.4 Å². The van der Waals surface area contributed by atoms with Gasteiger partial charge >= 0.3 is 0 Å². The third-order valence-electron chi connectivity index (χ3n) is 4.69. The van der Waals surface area contributed by atoms with Gasteiger partial charge in [-0.1, -0.05) is 56.3 Å². The van der Waals surface area contributed by atoms with Crippen molar-refractivity contribution in [3.63, 3.8) is 0 Å². The fourth-order valence-electron chi connectivity index (χ4n) is 3.03. The lowest BCUT2D eigenvalue weighted by atomic mass is 10.2. The summed E-state index contributed by atoms with van der Waals surface area (Å²) in [5.74, 6) is -0.0829. The van der Waals surface area contributed by atoms with E-state index in [1.807, 2.05) is 49.6 Å². The first kappa shape index (κ1) is 22.1. The smallest absolute Gasteiger partial charge is 0.243 e. The number of aromatic nitrogens is 1. The van der Waals surface area contributed by atoms with Crippen molar-refractivity contribution in [2.45, 2.75) is 31.7 Å². The summed E-state index contributed by atoms with van der Waals surface area (Å²) < 4.78 is 26.6. The predicted molar refractivity (Wildman–Crippen MR) is 120 cm³/mol. The molecule has 0 aliphatic rings. The van der Waals surface area contributed by atoms with Gasteiger partial charge in [-0.2, -0.15) is 4.31 Å². The Balaban J connectivity index is 1.63. The molecule has 0 aliphatic heterocycles. The number of rotatable bonds is 9. The van der Waals surface area contributed by atoms with E-state index in [0.29, 0.717) is 19.6 Å². The molecule has 0 aliphatic carbocycles. The summed E-state index contributed by atoms with van der Waals surface area (Å²) in [7, 11) is -3.48. The van der Waals surface area contributed by atoms with Crippen LogP contribution in [0.4, 0.5) is 0 Å². The minimum atomic E-state index is -3.48. The number of carbonyl (C=O) groups excluding carboxylic acids is 1. The highest BCUT2D eigenvalue weighted by Gasteiger charge is 2.21. The van der Waals surface area contributed by atoms with Gasteiger partial charge in [-0.15, -0.1) is 11.3 Å². The molecule has 0 atom stereocenters. The largest absolute Gasteiger partial charge is 0.352 e. The summed E-state index contributed by atoms with van der Waals surface area (Å²) in [4.78, 5) is 17.0. The molecule has 6 nitrogen and oxygen atoms in total. The van der Waals surface area contributed by atoms with E-state index >= 15 is 0 Å². The molecule has 1 amide bonds. The highest BCUT2D eigenvalue weighted by atomic mass is 32.2. The minimum Gasteiger partial charge on any atom is -0.352 e. The van der Waals surface area contributed by atoms with E-state index in [0.717, 1.165) is 21.8 Å². The summed E-state index contributed by atoms with van der Waals surface area (Å²) >= 11 is 1.42. The molecule has 0 saturated heterocycles. The van der Waals surface area contributed by atoms with Crippen LogP contribution in [-0.2, 0) is 27.8 Å². The van der Waals surface area contributed by atoms with Crippen molar-refractivity contribution >= 4 is 27.3 Å². The SMILES string of the molecule is CCN(CC)S(=O)(=O)c1ccc(-c2csc(CC(=O)NCc3ccccc3)n2)cc1. The Morgan fingerprint density at radius 2 is 1.70 bits per heavy atom. The Morgan fingerprint density at radius 3 is 2.33 bits per heavy atom. The molecule has 3 aromatic rings. The fraction of sp³-hybridized carbons (Fsp3) is 0.273. The third-order valence-corrected chi connectivity index (χ3v) is 7.60. The van der Waals surface area contributed by atoms with Gasteiger partial charge in [-0.05, 0) is 17.7 Å². The van der Waals surface area contributed by atoms with E-state index in [2.05, 4.69) is 10.3 Å². The zero-order valence-corrected chi connectivity index (χ0v) is 18.7. The average Bonchev–Trinajstić information content (AvgIpc) is 3.22. The van der Waals surface area contributed by atoms with Gasteiger partial charge in [0.05, 0.1) is 17.0 Å². The summed E-state index contributed by atoms with van der Waals surface area (Å²) in [6.07, 6.45) is 0.214. The van der Waals surface area contributed by atoms with Gasteiger partial charge in [0.2, 0.25) is 15.9 Å². The summed E-state index contributed by atoms with van der Waals surface area (Å²) in [6, 6.07) is 16.5. The monoisotopic (exact) mass is 443 g/mol. The van der Waals surface area contributed by atoms with Crippen LogP contribution < -0.4 is 5.32 Å². The summed E-state index contributed by atoms with van der Waals surface area (Å²) in [6.45, 7) is 5.00. The molecule has 0 radical (unpaired) electrons. The van der Waals surface area contributed by atoms with Gasteiger partial charge in [0.15, 0.2) is 0 Å². The van der Waals surface area contributed by atoms with E-state index < -0.39 is 10.0 Å². The molecule has 1 aromatic heterocycles. The Bertz CT molecular complexity index is 1070. The highest BCUT2D eigenvalue weighted by molar-refractivity contribution is 7.89. The maximum atomic E-state index is 12.6. The number of hydrogen-bond donors (Lipinski definition) is 1. The maximum absolute atomic E-state index is 12.6. The molecular weight excluding hydrogens is 418 g/mol. The molecular formula is C22H25N3O3S2. The molecule has 0 bridgehead atoms. The van der Waals surface area contributed by atoms with Crippen molar-refractivity contribution in [2.24, 2.45) is 0 Å². The van der Waals surface area contributed by atoms with Gasteiger partial charge in [-0.25, -0.2) is 13.4 Å². The lowest BCUT2D eigenvalue weighted by Gasteiger charge is -2.18. The standard InChI is InChI=1S/C22H25N3O3S2/c1-3-25(4-2)30(27,28)19-12-10-18(11-13-19)20-16-29-22(24-20)14-21(26)23-15-17-8-6-5-7-9-17/h5-13,16H,3-4,14-15H2,1-2H3,(H,23,26). The maximum Gasteiger partial charge on any atom is 0.243 e. The summed E-state index contributed by atoms with van der Waals surface area (Å²) in [5.41, 5.74) is 2.60. The molecule has 0 fully saturated rings. The second-order valence-corrected chi connectivity index (χ2v) is 9.56. The van der Waals surface area contributed by atoms with E-state index in [9.17, 15) is 13.2 Å². The first-order chi connectivity index (χ1) is 14.4. The van der Waals surface area contributed by atoms with Gasteiger partial charge in [0, 0.05) is 30.6 Å². The Hall–Kier alpha value is -2.55. The van der Waals surface area contributed by atoms with Crippen molar-refractivity contribution in [1.29, 1.82) is 0 Å². The molecule has 0 spiro atoms. The molecule has 3 rings (SSSR count). The molecule has 0 unspecified atom stereocenters. The predicted octanol–water partition coefficient (Wildman–Crippen LogP) is 3.70. The van der Waals surface area contributed by atoms with Crippen molar-refractivity contribution < 1.29 is 13.2 Å². The number of amides is 1. The number of nitrogens with one attached hydrogen (secondary N) is 1. The Labute approximate surface area is 181 Å². The fourth-order valence-corrected chi connectivity index (χ4v) is 5.29. The van der Waals surface area contributed by atoms with Crippen molar-refractivity contribution in [1.82, 2.24) is 14.6 Å². The van der Waals surface area contributed by atoms with Gasteiger partial charge in [0.1, 0.15) is 5.01 Å². The van der Waals surface area contributed by atoms with Crippen molar-refractivity contribution in [3.05, 3.63) is 70.5 Å². The van der Waals surface area contributed by atoms with E-state index in [4.69, 9.17) is 0 Å². The first-order valence-corrected chi connectivity index (χ1v) is 12.1. The van der Waals surface area contributed by atoms with Crippen LogP contribution in [0.3, 0.4) is 0 Å². The number of hydrogen-bond acceptors (Lipinski definition) is 5. The van der Waals surface area contributed by atoms with Crippen LogP contribution in [-0.4, -0.2) is 36.7 Å². The van der Waals surface area contributed by atoms with Crippen LogP contribution in [0, 0.1) is 0 Å². The number of nitrogens with zero attached hydrogens (tertiary/aromatic N) is 2. The number of thiazole rings is 1. The summed E-state index contributed by atoms with van der Waals surface area (Å²) in [5, 5.41) is 5.50. The van der Waals surface area contributed by atoms with Crippen LogP contribution in [0.15, 0.2) is 64.9 Å². The lowest BCUT2D eigenvalue weighted by molar-refractivity contribution is -0.120. The normalized spacial score (nSPS) is 11.6. The van der Waals surface area contributed by atoms with Crippen LogP contribution in [0.25, 0.3) is 11.3 Å². The van der Waals surface area contributed by atoms with Crippen LogP contribution in [0.2, 0.25) is 0 Å². The molecule has 158 valence electrons. The van der Waals surface area contributed by atoms with E-state index in [1.54, 1.807) is 24.3 Å². The molecule has 30 heavy (non-hydrogen) atoms. The topological polar surface area (TPSA) is 79.4 Å². The van der Waals surface area contributed by atoms with E-state index in [1.165, 1.54) is 15.6 Å². The molecule has 1 heterocycles. The van der Waals surface area contributed by atoms with Gasteiger partial charge in [-0.3, -0.25) is 4.79 Å². The van der Waals surface area contributed by atoms with Crippen LogP contribution >= 0.6 is 11.3 Å². The van der Waals surface area contributed by atoms with E-state index in [-0.39, 0.29) is 17.2 Å². The molecule has 8 heteroatoms. The number of carbonyl (C=O) groups is 1. The first-order valence-electron chi connectivity index (χ1n) is 9.79. The third kappa shape index (κ3) is 5.33. The van der Waals surface area contributed by atoms with Gasteiger partial charge in [0.25, 0.3) is 0 Å². The Kier molecular flexibility index (Phi) is 7.36. The zero-order chi connectivity index (χ0) is 21.6. The minimum absolute atomic E-state index is 0.0829. The molecule has 2 aromatic carbocycles. The molecule has 0 saturated carbocycles. The average molecular weight is 444 g/mol. The lowest BCUT2D eigenvalue weighted by Crippen LogP contribution is -2.30. The zero-order valence-electron chi connectivity index (χ0n) is 17.0. The number of benzene rings is 2. The second kappa shape index (κ2) is 9.97. The highest BCUT2D eigenvalue weighted by Crippen LogP contribution is 2.25. The van der Waals surface area contributed by atoms with Gasteiger partial charge < -0.3 is 5.32 Å². The quantitative estimate of drug-likeness (QED) is 0.547.